The first-order valence-corrected chi connectivity index (χ1v) is 9.08. The van der Waals surface area contributed by atoms with Crippen LogP contribution in [-0.4, -0.2) is 32.4 Å². The molecule has 0 spiro atoms. The maximum absolute atomic E-state index is 13.9. The van der Waals surface area contributed by atoms with Gasteiger partial charge in [-0.15, -0.1) is 0 Å². The lowest BCUT2D eigenvalue weighted by molar-refractivity contribution is 0.443. The third kappa shape index (κ3) is 2.94. The summed E-state index contributed by atoms with van der Waals surface area (Å²) in [7, 11) is -4.11. The Morgan fingerprint density at radius 2 is 1.75 bits per heavy atom. The highest BCUT2D eigenvalue weighted by Gasteiger charge is 2.40. The fraction of sp³-hybridized carbons (Fsp3) is 0.294. The van der Waals surface area contributed by atoms with E-state index in [9.17, 15) is 17.2 Å². The van der Waals surface area contributed by atoms with Crippen LogP contribution in [0.1, 0.15) is 11.5 Å². The molecule has 2 atom stereocenters. The van der Waals surface area contributed by atoms with Gasteiger partial charge in [0.25, 0.3) is 0 Å². The summed E-state index contributed by atoms with van der Waals surface area (Å²) in [6.07, 6.45) is 0. The number of hydrogen-bond acceptors (Lipinski definition) is 3. The standard InChI is InChI=1S/C17H18F2N2O2S/c18-15-7-4-8-16(17(15)19)24(22,23)21-10-13(9-20)14(11-21)12-5-2-1-3-6-12/h1-8,13-14H,9-11,20H2/t13-,14+/m1/s1. The predicted molar refractivity (Wildman–Crippen MR) is 86.8 cm³/mol. The number of benzene rings is 2. The first-order chi connectivity index (χ1) is 11.4. The van der Waals surface area contributed by atoms with Crippen molar-refractivity contribution in [3.8, 4) is 0 Å². The minimum Gasteiger partial charge on any atom is -0.330 e. The minimum atomic E-state index is -4.11. The summed E-state index contributed by atoms with van der Waals surface area (Å²) in [5.74, 6) is -2.66. The van der Waals surface area contributed by atoms with Crippen molar-refractivity contribution in [2.24, 2.45) is 11.7 Å². The lowest BCUT2D eigenvalue weighted by Crippen LogP contribution is -2.30. The van der Waals surface area contributed by atoms with Crippen LogP contribution in [0.4, 0.5) is 8.78 Å². The SMILES string of the molecule is NC[C@@H]1CN(S(=O)(=O)c2cccc(F)c2F)C[C@H]1c1ccccc1. The van der Waals surface area contributed by atoms with Crippen LogP contribution in [0.2, 0.25) is 0 Å². The van der Waals surface area contributed by atoms with Gasteiger partial charge < -0.3 is 5.73 Å². The second-order valence-electron chi connectivity index (χ2n) is 5.89. The van der Waals surface area contributed by atoms with E-state index in [1.165, 1.54) is 10.4 Å². The first kappa shape index (κ1) is 17.0. The molecule has 0 bridgehead atoms. The Balaban J connectivity index is 1.94. The van der Waals surface area contributed by atoms with Gasteiger partial charge in [-0.25, -0.2) is 17.2 Å². The molecule has 0 aliphatic carbocycles. The lowest BCUT2D eigenvalue weighted by Gasteiger charge is -2.17. The van der Waals surface area contributed by atoms with Crippen molar-refractivity contribution in [1.82, 2.24) is 4.31 Å². The summed E-state index contributed by atoms with van der Waals surface area (Å²) in [4.78, 5) is -0.632. The number of halogens is 2. The van der Waals surface area contributed by atoms with E-state index in [0.29, 0.717) is 6.54 Å². The molecule has 0 aromatic heterocycles. The van der Waals surface area contributed by atoms with E-state index in [2.05, 4.69) is 0 Å². The third-order valence-electron chi connectivity index (χ3n) is 4.47. The first-order valence-electron chi connectivity index (χ1n) is 7.64. The van der Waals surface area contributed by atoms with E-state index in [4.69, 9.17) is 5.73 Å². The van der Waals surface area contributed by atoms with Crippen LogP contribution in [0, 0.1) is 17.6 Å². The summed E-state index contributed by atoms with van der Waals surface area (Å²) in [5.41, 5.74) is 6.80. The van der Waals surface area contributed by atoms with Gasteiger partial charge in [0.15, 0.2) is 11.6 Å². The number of hydrogen-bond donors (Lipinski definition) is 1. The van der Waals surface area contributed by atoms with Gasteiger partial charge in [-0.05, 0) is 30.2 Å². The zero-order valence-electron chi connectivity index (χ0n) is 12.9. The average Bonchev–Trinajstić information content (AvgIpc) is 3.03. The highest BCUT2D eigenvalue weighted by Crippen LogP contribution is 2.35. The molecule has 0 amide bonds. The normalized spacial score (nSPS) is 22.0. The van der Waals surface area contributed by atoms with Crippen LogP contribution in [0.15, 0.2) is 53.4 Å². The molecule has 0 unspecified atom stereocenters. The summed E-state index contributed by atoms with van der Waals surface area (Å²) >= 11 is 0. The molecule has 0 radical (unpaired) electrons. The highest BCUT2D eigenvalue weighted by molar-refractivity contribution is 7.89. The predicted octanol–water partition coefficient (Wildman–Crippen LogP) is 2.33. The van der Waals surface area contributed by atoms with Crippen molar-refractivity contribution in [3.05, 3.63) is 65.7 Å². The van der Waals surface area contributed by atoms with Crippen LogP contribution in [0.3, 0.4) is 0 Å². The molecule has 3 rings (SSSR count). The maximum Gasteiger partial charge on any atom is 0.246 e. The fourth-order valence-electron chi connectivity index (χ4n) is 3.17. The van der Waals surface area contributed by atoms with E-state index in [1.807, 2.05) is 30.3 Å². The van der Waals surface area contributed by atoms with E-state index in [-0.39, 0.29) is 24.9 Å². The monoisotopic (exact) mass is 352 g/mol. The van der Waals surface area contributed by atoms with Gasteiger partial charge in [0.05, 0.1) is 0 Å². The van der Waals surface area contributed by atoms with Crippen molar-refractivity contribution >= 4 is 10.0 Å². The highest BCUT2D eigenvalue weighted by atomic mass is 32.2. The molecule has 1 fully saturated rings. The van der Waals surface area contributed by atoms with Crippen LogP contribution in [-0.2, 0) is 10.0 Å². The van der Waals surface area contributed by atoms with Gasteiger partial charge in [0.1, 0.15) is 4.90 Å². The van der Waals surface area contributed by atoms with E-state index in [0.717, 1.165) is 17.7 Å². The van der Waals surface area contributed by atoms with Crippen molar-refractivity contribution in [2.75, 3.05) is 19.6 Å². The molecule has 2 aromatic rings. The zero-order valence-corrected chi connectivity index (χ0v) is 13.7. The van der Waals surface area contributed by atoms with Gasteiger partial charge in [0.2, 0.25) is 10.0 Å². The van der Waals surface area contributed by atoms with Crippen molar-refractivity contribution < 1.29 is 17.2 Å². The lowest BCUT2D eigenvalue weighted by atomic mass is 9.89. The molecule has 24 heavy (non-hydrogen) atoms. The smallest absolute Gasteiger partial charge is 0.246 e. The Morgan fingerprint density at radius 3 is 2.42 bits per heavy atom. The number of nitrogens with two attached hydrogens (primary N) is 1. The Labute approximate surface area is 139 Å². The molecular weight excluding hydrogens is 334 g/mol. The quantitative estimate of drug-likeness (QED) is 0.919. The number of sulfonamides is 1. The maximum atomic E-state index is 13.9. The van der Waals surface area contributed by atoms with Gasteiger partial charge in [0, 0.05) is 19.0 Å². The van der Waals surface area contributed by atoms with E-state index >= 15 is 0 Å². The minimum absolute atomic E-state index is 0.0670. The summed E-state index contributed by atoms with van der Waals surface area (Å²) < 4.78 is 54.0. The fourth-order valence-corrected chi connectivity index (χ4v) is 4.76. The largest absolute Gasteiger partial charge is 0.330 e. The molecule has 0 saturated carbocycles. The van der Waals surface area contributed by atoms with Crippen molar-refractivity contribution in [2.45, 2.75) is 10.8 Å². The summed E-state index contributed by atoms with van der Waals surface area (Å²) in [5, 5.41) is 0. The number of rotatable bonds is 4. The molecule has 128 valence electrons. The molecule has 2 N–H and O–H groups in total. The van der Waals surface area contributed by atoms with Crippen molar-refractivity contribution in [1.29, 1.82) is 0 Å². The van der Waals surface area contributed by atoms with Crippen LogP contribution in [0.5, 0.6) is 0 Å². The molecule has 7 heteroatoms. The van der Waals surface area contributed by atoms with E-state index < -0.39 is 26.6 Å². The Kier molecular flexibility index (Phi) is 4.67. The molecule has 4 nitrogen and oxygen atoms in total. The molecule has 1 aliphatic heterocycles. The molecule has 1 aliphatic rings. The van der Waals surface area contributed by atoms with Gasteiger partial charge in [-0.2, -0.15) is 4.31 Å². The second kappa shape index (κ2) is 6.58. The molecular formula is C17H18F2N2O2S. The van der Waals surface area contributed by atoms with Gasteiger partial charge >= 0.3 is 0 Å². The van der Waals surface area contributed by atoms with E-state index in [1.54, 1.807) is 0 Å². The summed E-state index contributed by atoms with van der Waals surface area (Å²) in [6, 6.07) is 12.7. The van der Waals surface area contributed by atoms with Gasteiger partial charge in [-0.1, -0.05) is 36.4 Å². The van der Waals surface area contributed by atoms with Crippen LogP contribution < -0.4 is 5.73 Å². The Hall–Kier alpha value is -1.83. The van der Waals surface area contributed by atoms with Crippen LogP contribution >= 0.6 is 0 Å². The molecule has 2 aromatic carbocycles. The topological polar surface area (TPSA) is 63.4 Å². The third-order valence-corrected chi connectivity index (χ3v) is 6.32. The Bertz CT molecular complexity index is 828. The zero-order chi connectivity index (χ0) is 17.3. The molecule has 1 heterocycles. The van der Waals surface area contributed by atoms with Gasteiger partial charge in [-0.3, -0.25) is 0 Å². The average molecular weight is 352 g/mol. The second-order valence-corrected chi connectivity index (χ2v) is 7.79. The van der Waals surface area contributed by atoms with Crippen molar-refractivity contribution in [3.63, 3.8) is 0 Å². The summed E-state index contributed by atoms with van der Waals surface area (Å²) in [6.45, 7) is 0.704. The Morgan fingerprint density at radius 1 is 1.04 bits per heavy atom. The van der Waals surface area contributed by atoms with Crippen LogP contribution in [0.25, 0.3) is 0 Å². The number of nitrogens with zero attached hydrogens (tertiary/aromatic N) is 1. The molecule has 1 saturated heterocycles.